The highest BCUT2D eigenvalue weighted by Crippen LogP contribution is 2.30. The van der Waals surface area contributed by atoms with Crippen LogP contribution >= 0.6 is 15.9 Å². The Bertz CT molecular complexity index is 659. The monoisotopic (exact) mass is 334 g/mol. The molecular formula is C15H15BrN2O2. The van der Waals surface area contributed by atoms with Gasteiger partial charge in [0.05, 0.1) is 11.8 Å². The van der Waals surface area contributed by atoms with E-state index in [1.807, 2.05) is 36.4 Å². The summed E-state index contributed by atoms with van der Waals surface area (Å²) in [6.45, 7) is 1.00. The summed E-state index contributed by atoms with van der Waals surface area (Å²) in [5.41, 5.74) is 0.787. The summed E-state index contributed by atoms with van der Waals surface area (Å²) in [5.74, 6) is 0. The fourth-order valence-corrected chi connectivity index (χ4v) is 2.97. The number of hydrogen-bond acceptors (Lipinski definition) is 2. The number of fused-ring (bicyclic) bond motifs is 1. The zero-order valence-electron chi connectivity index (χ0n) is 10.8. The van der Waals surface area contributed by atoms with Crippen LogP contribution in [0.3, 0.4) is 0 Å². The molecule has 2 aromatic carbocycles. The zero-order chi connectivity index (χ0) is 14.1. The van der Waals surface area contributed by atoms with E-state index in [1.165, 1.54) is 0 Å². The summed E-state index contributed by atoms with van der Waals surface area (Å²) >= 11 is 3.52. The number of nitrogens with one attached hydrogen (secondary N) is 1. The molecule has 1 heterocycles. The Balaban J connectivity index is 1.88. The Kier molecular flexibility index (Phi) is 3.63. The zero-order valence-corrected chi connectivity index (χ0v) is 12.4. The molecule has 0 bridgehead atoms. The van der Waals surface area contributed by atoms with Crippen molar-refractivity contribution < 1.29 is 9.90 Å². The van der Waals surface area contributed by atoms with E-state index >= 15 is 0 Å². The Labute approximate surface area is 125 Å². The number of halogens is 1. The molecule has 2 N–H and O–H groups in total. The van der Waals surface area contributed by atoms with Crippen LogP contribution in [-0.2, 0) is 0 Å². The standard InChI is InChI=1S/C15H15BrN2O2/c16-13-5-6-14(12-4-2-1-3-11(12)13)17-15(20)18-8-7-10(19)9-18/h1-6,10,19H,7-9H2,(H,17,20). The third-order valence-electron chi connectivity index (χ3n) is 3.56. The van der Waals surface area contributed by atoms with E-state index < -0.39 is 6.10 Å². The van der Waals surface area contributed by atoms with Crippen molar-refractivity contribution in [1.82, 2.24) is 4.90 Å². The van der Waals surface area contributed by atoms with Crippen molar-refractivity contribution in [3.05, 3.63) is 40.9 Å². The van der Waals surface area contributed by atoms with Gasteiger partial charge in [-0.15, -0.1) is 0 Å². The maximum absolute atomic E-state index is 12.2. The summed E-state index contributed by atoms with van der Waals surface area (Å²) < 4.78 is 1.00. The molecule has 1 fully saturated rings. The lowest BCUT2D eigenvalue weighted by Crippen LogP contribution is -2.33. The lowest BCUT2D eigenvalue weighted by Gasteiger charge is -2.17. The minimum atomic E-state index is -0.401. The number of carbonyl (C=O) groups is 1. The highest BCUT2D eigenvalue weighted by atomic mass is 79.9. The second-order valence-electron chi connectivity index (χ2n) is 4.96. The van der Waals surface area contributed by atoms with E-state index in [1.54, 1.807) is 4.90 Å². The van der Waals surface area contributed by atoms with Crippen LogP contribution in [0.1, 0.15) is 6.42 Å². The van der Waals surface area contributed by atoms with Crippen molar-refractivity contribution in [2.24, 2.45) is 0 Å². The summed E-state index contributed by atoms with van der Waals surface area (Å²) in [6, 6.07) is 11.6. The van der Waals surface area contributed by atoms with Gasteiger partial charge in [0.25, 0.3) is 0 Å². The fraction of sp³-hybridized carbons (Fsp3) is 0.267. The topological polar surface area (TPSA) is 52.6 Å². The van der Waals surface area contributed by atoms with Crippen molar-refractivity contribution in [2.75, 3.05) is 18.4 Å². The summed E-state index contributed by atoms with van der Waals surface area (Å²) in [7, 11) is 0. The molecule has 2 aromatic rings. The molecule has 5 heteroatoms. The van der Waals surface area contributed by atoms with Gasteiger partial charge in [-0.25, -0.2) is 4.79 Å². The number of aliphatic hydroxyl groups is 1. The SMILES string of the molecule is O=C(Nc1ccc(Br)c2ccccc12)N1CCC(O)C1. The van der Waals surface area contributed by atoms with Gasteiger partial charge in [0, 0.05) is 22.9 Å². The highest BCUT2D eigenvalue weighted by Gasteiger charge is 2.24. The first kappa shape index (κ1) is 13.4. The molecule has 0 spiro atoms. The average molecular weight is 335 g/mol. The van der Waals surface area contributed by atoms with E-state index in [-0.39, 0.29) is 6.03 Å². The van der Waals surface area contributed by atoms with Crippen LogP contribution in [0.15, 0.2) is 40.9 Å². The molecule has 0 aromatic heterocycles. The second-order valence-corrected chi connectivity index (χ2v) is 5.81. The van der Waals surface area contributed by atoms with E-state index in [2.05, 4.69) is 21.2 Å². The molecule has 1 atom stereocenters. The van der Waals surface area contributed by atoms with Crippen LogP contribution < -0.4 is 5.32 Å². The molecule has 1 aliphatic heterocycles. The predicted octanol–water partition coefficient (Wildman–Crippen LogP) is 3.20. The average Bonchev–Trinajstić information content (AvgIpc) is 2.89. The van der Waals surface area contributed by atoms with Gasteiger partial charge in [-0.2, -0.15) is 0 Å². The number of benzene rings is 2. The van der Waals surface area contributed by atoms with Crippen LogP contribution in [0, 0.1) is 0 Å². The maximum Gasteiger partial charge on any atom is 0.321 e. The van der Waals surface area contributed by atoms with Crippen LogP contribution in [0.2, 0.25) is 0 Å². The molecule has 3 rings (SSSR count). The molecule has 2 amide bonds. The number of hydrogen-bond donors (Lipinski definition) is 2. The quantitative estimate of drug-likeness (QED) is 0.841. The van der Waals surface area contributed by atoms with Crippen molar-refractivity contribution in [1.29, 1.82) is 0 Å². The number of urea groups is 1. The third-order valence-corrected chi connectivity index (χ3v) is 4.25. The number of aliphatic hydroxyl groups excluding tert-OH is 1. The van der Waals surface area contributed by atoms with Gasteiger partial charge in [-0.1, -0.05) is 40.2 Å². The first-order valence-corrected chi connectivity index (χ1v) is 7.35. The lowest BCUT2D eigenvalue weighted by molar-refractivity contribution is 0.176. The Morgan fingerprint density at radius 1 is 1.25 bits per heavy atom. The fourth-order valence-electron chi connectivity index (χ4n) is 2.49. The summed E-state index contributed by atoms with van der Waals surface area (Å²) in [4.78, 5) is 13.8. The van der Waals surface area contributed by atoms with E-state index in [0.717, 1.165) is 20.9 Å². The van der Waals surface area contributed by atoms with Gasteiger partial charge >= 0.3 is 6.03 Å². The van der Waals surface area contributed by atoms with Crippen LogP contribution in [0.4, 0.5) is 10.5 Å². The lowest BCUT2D eigenvalue weighted by atomic mass is 10.1. The Hall–Kier alpha value is -1.59. The number of rotatable bonds is 1. The number of anilines is 1. The summed E-state index contributed by atoms with van der Waals surface area (Å²) in [6.07, 6.45) is 0.247. The molecule has 0 radical (unpaired) electrons. The van der Waals surface area contributed by atoms with E-state index in [4.69, 9.17) is 0 Å². The number of carbonyl (C=O) groups excluding carboxylic acids is 1. The minimum Gasteiger partial charge on any atom is -0.391 e. The van der Waals surface area contributed by atoms with Crippen molar-refractivity contribution in [3.63, 3.8) is 0 Å². The first-order valence-electron chi connectivity index (χ1n) is 6.56. The number of nitrogens with zero attached hydrogens (tertiary/aromatic N) is 1. The van der Waals surface area contributed by atoms with Crippen LogP contribution in [-0.4, -0.2) is 35.2 Å². The van der Waals surface area contributed by atoms with E-state index in [0.29, 0.717) is 19.5 Å². The maximum atomic E-state index is 12.2. The molecule has 104 valence electrons. The third kappa shape index (κ3) is 2.51. The van der Waals surface area contributed by atoms with Gasteiger partial charge in [0.1, 0.15) is 0 Å². The molecule has 1 aliphatic rings. The Morgan fingerprint density at radius 2 is 2.00 bits per heavy atom. The molecule has 20 heavy (non-hydrogen) atoms. The van der Waals surface area contributed by atoms with Gasteiger partial charge in [0.2, 0.25) is 0 Å². The number of amides is 2. The molecule has 1 saturated heterocycles. The second kappa shape index (κ2) is 5.42. The van der Waals surface area contributed by atoms with Crippen molar-refractivity contribution in [3.8, 4) is 0 Å². The predicted molar refractivity (Wildman–Crippen MR) is 82.9 cm³/mol. The van der Waals surface area contributed by atoms with Crippen molar-refractivity contribution in [2.45, 2.75) is 12.5 Å². The largest absolute Gasteiger partial charge is 0.391 e. The van der Waals surface area contributed by atoms with Crippen molar-refractivity contribution >= 4 is 38.4 Å². The molecule has 4 nitrogen and oxygen atoms in total. The first-order chi connectivity index (χ1) is 9.65. The highest BCUT2D eigenvalue weighted by molar-refractivity contribution is 9.10. The number of β-amino-alcohol motifs (C(OH)–C–C–N with tert-alkyl or cyclic N) is 1. The van der Waals surface area contributed by atoms with Gasteiger partial charge < -0.3 is 15.3 Å². The molecular weight excluding hydrogens is 320 g/mol. The van der Waals surface area contributed by atoms with Gasteiger partial charge in [0.15, 0.2) is 0 Å². The molecule has 0 saturated carbocycles. The normalized spacial score (nSPS) is 18.5. The van der Waals surface area contributed by atoms with Gasteiger partial charge in [-0.05, 0) is 23.9 Å². The van der Waals surface area contributed by atoms with E-state index in [9.17, 15) is 9.90 Å². The summed E-state index contributed by atoms with van der Waals surface area (Å²) in [5, 5.41) is 14.5. The smallest absolute Gasteiger partial charge is 0.321 e. The molecule has 0 aliphatic carbocycles. The molecule has 1 unspecified atom stereocenters. The van der Waals surface area contributed by atoms with Crippen LogP contribution in [0.25, 0.3) is 10.8 Å². The number of likely N-dealkylation sites (tertiary alicyclic amines) is 1. The van der Waals surface area contributed by atoms with Gasteiger partial charge in [-0.3, -0.25) is 0 Å². The Morgan fingerprint density at radius 3 is 2.70 bits per heavy atom. The minimum absolute atomic E-state index is 0.158. The van der Waals surface area contributed by atoms with Crippen LogP contribution in [0.5, 0.6) is 0 Å².